The molecule has 0 saturated carbocycles. The Morgan fingerprint density at radius 1 is 1.20 bits per heavy atom. The summed E-state index contributed by atoms with van der Waals surface area (Å²) >= 11 is 1.26. The molecule has 5 rings (SSSR count). The number of anilines is 1. The van der Waals surface area contributed by atoms with Crippen molar-refractivity contribution in [2.24, 2.45) is 0 Å². The summed E-state index contributed by atoms with van der Waals surface area (Å²) in [5.41, 5.74) is -1.10. The van der Waals surface area contributed by atoms with Gasteiger partial charge in [-0.2, -0.15) is 0 Å². The Bertz CT molecular complexity index is 1330. The smallest absolute Gasteiger partial charge is 0.412 e. The van der Waals surface area contributed by atoms with Crippen molar-refractivity contribution in [3.63, 3.8) is 0 Å². The van der Waals surface area contributed by atoms with Gasteiger partial charge in [0.15, 0.2) is 0 Å². The van der Waals surface area contributed by atoms with E-state index < -0.39 is 17.2 Å². The predicted molar refractivity (Wildman–Crippen MR) is 152 cm³/mol. The van der Waals surface area contributed by atoms with Gasteiger partial charge in [-0.15, -0.1) is 0 Å². The third-order valence-corrected chi connectivity index (χ3v) is 8.82. The maximum Gasteiger partial charge on any atom is 0.412 e. The lowest BCUT2D eigenvalue weighted by molar-refractivity contribution is -0.134. The highest BCUT2D eigenvalue weighted by atomic mass is 32.1. The number of likely N-dealkylation sites (tertiary alicyclic amines) is 2. The second kappa shape index (κ2) is 10.6. The predicted octanol–water partition coefficient (Wildman–Crippen LogP) is 4.04. The molecule has 0 bridgehead atoms. The number of nitrogens with zero attached hydrogens (tertiary/aromatic N) is 4. The van der Waals surface area contributed by atoms with Gasteiger partial charge in [-0.1, -0.05) is 11.3 Å². The highest BCUT2D eigenvalue weighted by Gasteiger charge is 2.54. The first-order valence-electron chi connectivity index (χ1n) is 14.0. The monoisotopic (exact) mass is 570 g/mol. The zero-order chi connectivity index (χ0) is 28.8. The quantitative estimate of drug-likeness (QED) is 0.532. The van der Waals surface area contributed by atoms with Crippen LogP contribution in [0.15, 0.2) is 18.3 Å². The van der Waals surface area contributed by atoms with Crippen molar-refractivity contribution in [1.29, 1.82) is 0 Å². The summed E-state index contributed by atoms with van der Waals surface area (Å²) in [7, 11) is 0. The van der Waals surface area contributed by atoms with Gasteiger partial charge in [0.05, 0.1) is 5.56 Å². The molecule has 2 aromatic rings. The molecule has 5 amide bonds. The molecule has 5 heterocycles. The van der Waals surface area contributed by atoms with E-state index in [9.17, 15) is 19.2 Å². The van der Waals surface area contributed by atoms with Crippen molar-refractivity contribution in [2.45, 2.75) is 83.5 Å². The zero-order valence-corrected chi connectivity index (χ0v) is 24.6. The topological polar surface area (TPSA) is 124 Å². The van der Waals surface area contributed by atoms with Gasteiger partial charge in [0.1, 0.15) is 21.0 Å². The Morgan fingerprint density at radius 3 is 2.58 bits per heavy atom. The highest BCUT2D eigenvalue weighted by Crippen LogP contribution is 2.37. The van der Waals surface area contributed by atoms with Crippen molar-refractivity contribution in [3.05, 3.63) is 23.9 Å². The second-order valence-corrected chi connectivity index (χ2v) is 13.2. The summed E-state index contributed by atoms with van der Waals surface area (Å²) in [5.74, 6) is -0.280. The molecule has 3 saturated heterocycles. The number of hydrogen-bond acceptors (Lipinski definition) is 8. The lowest BCUT2D eigenvalue weighted by Crippen LogP contribution is -2.61. The molecule has 11 nitrogen and oxygen atoms in total. The molecule has 0 aromatic carbocycles. The van der Waals surface area contributed by atoms with Gasteiger partial charge in [0.25, 0.3) is 11.8 Å². The normalized spacial score (nSPS) is 22.9. The molecule has 3 fully saturated rings. The van der Waals surface area contributed by atoms with Gasteiger partial charge in [-0.25, -0.2) is 14.6 Å². The van der Waals surface area contributed by atoms with E-state index >= 15 is 0 Å². The molecule has 216 valence electrons. The van der Waals surface area contributed by atoms with E-state index in [-0.39, 0.29) is 29.9 Å². The lowest BCUT2D eigenvalue weighted by Gasteiger charge is -2.45. The first-order valence-corrected chi connectivity index (χ1v) is 14.8. The number of imide groups is 1. The molecule has 12 heteroatoms. The lowest BCUT2D eigenvalue weighted by atomic mass is 9.86. The van der Waals surface area contributed by atoms with Gasteiger partial charge in [-0.05, 0) is 79.0 Å². The summed E-state index contributed by atoms with van der Waals surface area (Å²) in [6, 6.07) is 3.34. The van der Waals surface area contributed by atoms with Crippen LogP contribution in [0.4, 0.5) is 14.6 Å². The number of fused-ring (bicyclic) bond motifs is 1. The van der Waals surface area contributed by atoms with Crippen LogP contribution in [-0.2, 0) is 9.53 Å². The van der Waals surface area contributed by atoms with Gasteiger partial charge in [0.2, 0.25) is 0 Å². The molecule has 2 N–H and O–H groups in total. The average Bonchev–Trinajstić information content (AvgIpc) is 3.35. The van der Waals surface area contributed by atoms with Crippen molar-refractivity contribution in [3.8, 4) is 0 Å². The molecule has 3 aliphatic heterocycles. The van der Waals surface area contributed by atoms with E-state index in [1.165, 1.54) is 16.2 Å². The fourth-order valence-corrected chi connectivity index (χ4v) is 7.03. The van der Waals surface area contributed by atoms with Crippen LogP contribution < -0.4 is 10.6 Å². The number of pyridine rings is 1. The molecule has 1 spiro atoms. The van der Waals surface area contributed by atoms with Crippen molar-refractivity contribution in [2.75, 3.05) is 31.5 Å². The second-order valence-electron chi connectivity index (χ2n) is 12.2. The number of hydrogen-bond donors (Lipinski definition) is 2. The van der Waals surface area contributed by atoms with Gasteiger partial charge in [0, 0.05) is 43.3 Å². The number of ether oxygens (including phenoxy) is 1. The number of urea groups is 1. The molecule has 40 heavy (non-hydrogen) atoms. The fourth-order valence-electron chi connectivity index (χ4n) is 6.01. The average molecular weight is 571 g/mol. The third-order valence-electron chi connectivity index (χ3n) is 7.79. The summed E-state index contributed by atoms with van der Waals surface area (Å²) in [6.45, 7) is 11.5. The van der Waals surface area contributed by atoms with Crippen LogP contribution in [0, 0.1) is 0 Å². The third kappa shape index (κ3) is 5.38. The summed E-state index contributed by atoms with van der Waals surface area (Å²) < 4.78 is 5.43. The first-order chi connectivity index (χ1) is 18.9. The SMILES string of the molecule is CC(C)N1C(=O)NC2(CCCN(C3CCN(C(=O)c4c(NC(=O)OC(C)(C)C)sc5ncccc45)CC3)C2)C1=O. The number of carbonyl (C=O) groups excluding carboxylic acids is 4. The maximum atomic E-state index is 13.8. The minimum atomic E-state index is -0.864. The highest BCUT2D eigenvalue weighted by molar-refractivity contribution is 7.23. The van der Waals surface area contributed by atoms with E-state index in [1.807, 2.05) is 24.8 Å². The van der Waals surface area contributed by atoms with E-state index in [4.69, 9.17) is 4.74 Å². The number of nitrogens with one attached hydrogen (secondary N) is 2. The van der Waals surface area contributed by atoms with Crippen LogP contribution in [-0.4, -0.2) is 93.0 Å². The summed E-state index contributed by atoms with van der Waals surface area (Å²) in [4.78, 5) is 62.7. The molecular weight excluding hydrogens is 532 g/mol. The largest absolute Gasteiger partial charge is 0.444 e. The molecular formula is C28H38N6O5S. The number of thiophene rings is 1. The minimum Gasteiger partial charge on any atom is -0.444 e. The maximum absolute atomic E-state index is 13.8. The minimum absolute atomic E-state index is 0.132. The number of carbonyl (C=O) groups is 4. The standard InChI is InChI=1S/C28H38N6O5S/c1-17(2)34-24(36)28(31-25(34)37)11-7-13-33(16-28)18-9-14-32(15-10-18)23(35)20-19-8-6-12-29-21(19)40-22(20)30-26(38)39-27(3,4)5/h6,8,12,17-18H,7,9-11,13-16H2,1-5H3,(H,30,38)(H,31,37). The number of piperidine rings is 2. The molecule has 0 aliphatic carbocycles. The number of aromatic nitrogens is 1. The van der Waals surface area contributed by atoms with E-state index in [0.29, 0.717) is 46.8 Å². The van der Waals surface area contributed by atoms with E-state index in [0.717, 1.165) is 25.8 Å². The van der Waals surface area contributed by atoms with Crippen molar-refractivity contribution < 1.29 is 23.9 Å². The molecule has 2 aromatic heterocycles. The number of amides is 5. The van der Waals surface area contributed by atoms with Crippen molar-refractivity contribution >= 4 is 50.5 Å². The summed E-state index contributed by atoms with van der Waals surface area (Å²) in [6.07, 6.45) is 4.03. The zero-order valence-electron chi connectivity index (χ0n) is 23.8. The molecule has 0 radical (unpaired) electrons. The number of rotatable bonds is 4. The van der Waals surface area contributed by atoms with Gasteiger partial charge in [-0.3, -0.25) is 24.7 Å². The Labute approximate surface area is 238 Å². The fraction of sp³-hybridized carbons (Fsp3) is 0.607. The van der Waals surface area contributed by atoms with Crippen LogP contribution in [0.25, 0.3) is 10.2 Å². The first kappa shape index (κ1) is 28.3. The molecule has 1 unspecified atom stereocenters. The van der Waals surface area contributed by atoms with Crippen LogP contribution in [0.5, 0.6) is 0 Å². The van der Waals surface area contributed by atoms with E-state index in [2.05, 4.69) is 20.5 Å². The van der Waals surface area contributed by atoms with Gasteiger partial charge >= 0.3 is 12.1 Å². The van der Waals surface area contributed by atoms with E-state index in [1.54, 1.807) is 33.0 Å². The molecule has 1 atom stereocenters. The van der Waals surface area contributed by atoms with Gasteiger partial charge < -0.3 is 15.0 Å². The van der Waals surface area contributed by atoms with Crippen molar-refractivity contribution in [1.82, 2.24) is 25.0 Å². The van der Waals surface area contributed by atoms with Crippen LogP contribution >= 0.6 is 11.3 Å². The van der Waals surface area contributed by atoms with Crippen LogP contribution in [0.2, 0.25) is 0 Å². The Balaban J connectivity index is 1.28. The molecule has 3 aliphatic rings. The van der Waals surface area contributed by atoms with Crippen LogP contribution in [0.1, 0.15) is 70.7 Å². The Hall–Kier alpha value is -3.25. The van der Waals surface area contributed by atoms with Crippen LogP contribution in [0.3, 0.4) is 0 Å². The Morgan fingerprint density at radius 2 is 1.93 bits per heavy atom. The Kier molecular flexibility index (Phi) is 7.51. The summed E-state index contributed by atoms with van der Waals surface area (Å²) in [5, 5.41) is 6.91.